The summed E-state index contributed by atoms with van der Waals surface area (Å²) in [4.78, 5) is 0. The van der Waals surface area contributed by atoms with Crippen molar-refractivity contribution in [3.63, 3.8) is 0 Å². The average molecular weight is 208 g/mol. The molecular weight excluding hydrogens is 191 g/mol. The largest absolute Gasteiger partial charge is 0.393 e. The molecule has 1 N–H and O–H groups in total. The Bertz CT molecular complexity index is 363. The number of benzene rings is 1. The van der Waals surface area contributed by atoms with E-state index in [9.17, 15) is 9.50 Å². The molecule has 1 aromatic rings. The Hall–Kier alpha value is -0.890. The van der Waals surface area contributed by atoms with Crippen LogP contribution in [0.1, 0.15) is 38.2 Å². The first-order valence-electron chi connectivity index (χ1n) is 5.52. The average Bonchev–Trinajstić information content (AvgIpc) is 2.26. The molecule has 3 atom stereocenters. The van der Waals surface area contributed by atoms with Gasteiger partial charge in [0.25, 0.3) is 0 Å². The molecule has 1 aliphatic carbocycles. The predicted octanol–water partition coefficient (Wildman–Crippen LogP) is 3.09. The summed E-state index contributed by atoms with van der Waals surface area (Å²) in [5.41, 5.74) is 0.606. The quantitative estimate of drug-likeness (QED) is 0.791. The topological polar surface area (TPSA) is 20.2 Å². The van der Waals surface area contributed by atoms with Gasteiger partial charge in [0, 0.05) is 5.41 Å². The van der Waals surface area contributed by atoms with Crippen LogP contribution in [-0.4, -0.2) is 11.2 Å². The summed E-state index contributed by atoms with van der Waals surface area (Å²) < 4.78 is 13.6. The van der Waals surface area contributed by atoms with Gasteiger partial charge >= 0.3 is 0 Å². The van der Waals surface area contributed by atoms with E-state index in [0.29, 0.717) is 6.42 Å². The van der Waals surface area contributed by atoms with Crippen molar-refractivity contribution >= 4 is 0 Å². The summed E-state index contributed by atoms with van der Waals surface area (Å²) in [6.07, 6.45) is 1.28. The molecule has 0 aliphatic heterocycles. The maximum Gasteiger partial charge on any atom is 0.126 e. The van der Waals surface area contributed by atoms with Crippen molar-refractivity contribution in [2.75, 3.05) is 0 Å². The van der Waals surface area contributed by atoms with E-state index in [1.165, 1.54) is 6.07 Å². The summed E-state index contributed by atoms with van der Waals surface area (Å²) in [5, 5.41) is 9.77. The number of hydrogen-bond donors (Lipinski definition) is 1. The van der Waals surface area contributed by atoms with E-state index >= 15 is 0 Å². The van der Waals surface area contributed by atoms with Crippen LogP contribution in [0.4, 0.5) is 4.39 Å². The van der Waals surface area contributed by atoms with Gasteiger partial charge in [0.05, 0.1) is 6.10 Å². The van der Waals surface area contributed by atoms with Crippen LogP contribution in [0.15, 0.2) is 24.3 Å². The minimum absolute atomic E-state index is 0.144. The number of halogens is 1. The van der Waals surface area contributed by atoms with Crippen molar-refractivity contribution in [2.45, 2.75) is 38.7 Å². The maximum absolute atomic E-state index is 13.6. The molecule has 0 spiro atoms. The number of aliphatic hydroxyl groups excluding tert-OH is 1. The molecule has 1 nitrogen and oxygen atoms in total. The highest BCUT2D eigenvalue weighted by Gasteiger charge is 2.50. The fraction of sp³-hybridized carbons (Fsp3) is 0.538. The lowest BCUT2D eigenvalue weighted by Gasteiger charge is -2.51. The summed E-state index contributed by atoms with van der Waals surface area (Å²) in [5.74, 6) is 0.0211. The molecule has 0 saturated heterocycles. The molecule has 2 heteroatoms. The van der Waals surface area contributed by atoms with E-state index in [2.05, 4.69) is 6.92 Å². The van der Waals surface area contributed by atoms with Crippen LogP contribution in [0.5, 0.6) is 0 Å². The molecule has 0 aromatic heterocycles. The van der Waals surface area contributed by atoms with Gasteiger partial charge in [-0.25, -0.2) is 4.39 Å². The van der Waals surface area contributed by atoms with E-state index in [1.807, 2.05) is 19.1 Å². The molecule has 1 fully saturated rings. The predicted molar refractivity (Wildman–Crippen MR) is 58.2 cm³/mol. The number of rotatable bonds is 2. The van der Waals surface area contributed by atoms with Gasteiger partial charge in [-0.2, -0.15) is 0 Å². The van der Waals surface area contributed by atoms with Crippen LogP contribution < -0.4 is 0 Å². The van der Waals surface area contributed by atoms with E-state index in [4.69, 9.17) is 0 Å². The summed E-state index contributed by atoms with van der Waals surface area (Å²) >= 11 is 0. The molecule has 1 aliphatic rings. The molecule has 82 valence electrons. The van der Waals surface area contributed by atoms with Crippen LogP contribution in [0.25, 0.3) is 0 Å². The zero-order chi connectivity index (χ0) is 11.1. The second-order valence-electron chi connectivity index (χ2n) is 4.68. The van der Waals surface area contributed by atoms with Crippen molar-refractivity contribution in [1.82, 2.24) is 0 Å². The number of hydrogen-bond acceptors (Lipinski definition) is 1. The van der Waals surface area contributed by atoms with Gasteiger partial charge < -0.3 is 5.11 Å². The van der Waals surface area contributed by atoms with Gasteiger partial charge in [-0.05, 0) is 30.4 Å². The SMILES string of the molecule is CCC1(C)C(O)CC1c1ccccc1F. The zero-order valence-corrected chi connectivity index (χ0v) is 9.20. The standard InChI is InChI=1S/C13H17FO/c1-3-13(2)10(8-12(13)15)9-6-4-5-7-11(9)14/h4-7,10,12,15H,3,8H2,1-2H3. The van der Waals surface area contributed by atoms with E-state index in [0.717, 1.165) is 12.0 Å². The lowest BCUT2D eigenvalue weighted by atomic mass is 9.55. The van der Waals surface area contributed by atoms with Gasteiger partial charge in [-0.15, -0.1) is 0 Å². The zero-order valence-electron chi connectivity index (χ0n) is 9.20. The molecule has 3 unspecified atom stereocenters. The Morgan fingerprint density at radius 2 is 2.13 bits per heavy atom. The molecule has 0 bridgehead atoms. The Morgan fingerprint density at radius 3 is 2.67 bits per heavy atom. The molecule has 0 heterocycles. The maximum atomic E-state index is 13.6. The van der Waals surface area contributed by atoms with Crippen molar-refractivity contribution < 1.29 is 9.50 Å². The molecule has 1 aromatic carbocycles. The summed E-state index contributed by atoms with van der Waals surface area (Å²) in [6.45, 7) is 4.09. The lowest BCUT2D eigenvalue weighted by molar-refractivity contribution is -0.0787. The van der Waals surface area contributed by atoms with Crippen LogP contribution in [0, 0.1) is 11.2 Å². The van der Waals surface area contributed by atoms with Crippen molar-refractivity contribution in [2.24, 2.45) is 5.41 Å². The lowest BCUT2D eigenvalue weighted by Crippen LogP contribution is -2.49. The van der Waals surface area contributed by atoms with Gasteiger partial charge in [0.1, 0.15) is 5.82 Å². The van der Waals surface area contributed by atoms with Crippen LogP contribution in [-0.2, 0) is 0 Å². The van der Waals surface area contributed by atoms with E-state index in [-0.39, 0.29) is 23.3 Å². The van der Waals surface area contributed by atoms with Crippen LogP contribution >= 0.6 is 0 Å². The Labute approximate surface area is 89.9 Å². The van der Waals surface area contributed by atoms with E-state index < -0.39 is 0 Å². The molecule has 1 saturated carbocycles. The molecule has 2 rings (SSSR count). The molecule has 0 amide bonds. The third-order valence-electron chi connectivity index (χ3n) is 4.06. The monoisotopic (exact) mass is 208 g/mol. The Morgan fingerprint density at radius 1 is 1.47 bits per heavy atom. The van der Waals surface area contributed by atoms with E-state index in [1.54, 1.807) is 6.07 Å². The van der Waals surface area contributed by atoms with Crippen LogP contribution in [0.2, 0.25) is 0 Å². The molecular formula is C13H17FO. The second-order valence-corrected chi connectivity index (χ2v) is 4.68. The second kappa shape index (κ2) is 3.60. The summed E-state index contributed by atoms with van der Waals surface area (Å²) in [6, 6.07) is 6.90. The fourth-order valence-electron chi connectivity index (χ4n) is 2.56. The molecule has 0 radical (unpaired) electrons. The minimum Gasteiger partial charge on any atom is -0.393 e. The first-order chi connectivity index (χ1) is 7.09. The Kier molecular flexibility index (Phi) is 2.55. The van der Waals surface area contributed by atoms with Crippen molar-refractivity contribution in [3.05, 3.63) is 35.6 Å². The van der Waals surface area contributed by atoms with Gasteiger partial charge in [-0.3, -0.25) is 0 Å². The summed E-state index contributed by atoms with van der Waals surface area (Å²) in [7, 11) is 0. The highest BCUT2D eigenvalue weighted by atomic mass is 19.1. The molecule has 15 heavy (non-hydrogen) atoms. The Balaban J connectivity index is 2.31. The number of aliphatic hydroxyl groups is 1. The normalized spacial score (nSPS) is 34.9. The highest BCUT2D eigenvalue weighted by molar-refractivity contribution is 5.28. The first kappa shape index (κ1) is 10.6. The van der Waals surface area contributed by atoms with Crippen molar-refractivity contribution in [1.29, 1.82) is 0 Å². The van der Waals surface area contributed by atoms with Gasteiger partial charge in [0.15, 0.2) is 0 Å². The first-order valence-corrected chi connectivity index (χ1v) is 5.52. The van der Waals surface area contributed by atoms with Gasteiger partial charge in [0.2, 0.25) is 0 Å². The highest BCUT2D eigenvalue weighted by Crippen LogP contribution is 2.55. The third-order valence-corrected chi connectivity index (χ3v) is 4.06. The minimum atomic E-state index is -0.285. The fourth-order valence-corrected chi connectivity index (χ4v) is 2.56. The van der Waals surface area contributed by atoms with Crippen LogP contribution in [0.3, 0.4) is 0 Å². The van der Waals surface area contributed by atoms with Crippen molar-refractivity contribution in [3.8, 4) is 0 Å². The third kappa shape index (κ3) is 1.48. The van der Waals surface area contributed by atoms with Gasteiger partial charge in [-0.1, -0.05) is 32.0 Å². The smallest absolute Gasteiger partial charge is 0.126 e.